The van der Waals surface area contributed by atoms with Crippen LogP contribution < -0.4 is 16.0 Å². The molecule has 1 aromatic heterocycles. The summed E-state index contributed by atoms with van der Waals surface area (Å²) in [7, 11) is 0. The summed E-state index contributed by atoms with van der Waals surface area (Å²) in [6.45, 7) is 7.48. The maximum atomic E-state index is 5.82. The molecule has 3 rings (SSSR count). The van der Waals surface area contributed by atoms with Crippen LogP contribution in [0.4, 0.5) is 17.8 Å². The molecule has 1 atom stereocenters. The summed E-state index contributed by atoms with van der Waals surface area (Å²) in [5, 5.41) is 3.32. The van der Waals surface area contributed by atoms with Crippen LogP contribution in [0.1, 0.15) is 32.6 Å². The van der Waals surface area contributed by atoms with Crippen LogP contribution >= 0.6 is 0 Å². The zero-order valence-electron chi connectivity index (χ0n) is 12.8. The molecule has 0 aromatic carbocycles. The average molecular weight is 291 g/mol. The van der Waals surface area contributed by atoms with Gasteiger partial charge in [0.05, 0.1) is 0 Å². The van der Waals surface area contributed by atoms with Gasteiger partial charge in [0.25, 0.3) is 0 Å². The molecule has 2 saturated heterocycles. The third kappa shape index (κ3) is 3.53. The summed E-state index contributed by atoms with van der Waals surface area (Å²) in [6, 6.07) is 0.487. The van der Waals surface area contributed by atoms with Crippen molar-refractivity contribution < 1.29 is 0 Å². The van der Waals surface area contributed by atoms with E-state index in [2.05, 4.69) is 37.0 Å². The summed E-state index contributed by atoms with van der Waals surface area (Å²) in [4.78, 5) is 17.6. The van der Waals surface area contributed by atoms with Crippen molar-refractivity contribution in [2.75, 3.05) is 48.7 Å². The molecule has 0 spiro atoms. The van der Waals surface area contributed by atoms with Crippen LogP contribution in [0.3, 0.4) is 0 Å². The van der Waals surface area contributed by atoms with Crippen molar-refractivity contribution in [2.24, 2.45) is 0 Å². The third-order valence-corrected chi connectivity index (χ3v) is 4.35. The van der Waals surface area contributed by atoms with Gasteiger partial charge in [0.1, 0.15) is 0 Å². The van der Waals surface area contributed by atoms with Gasteiger partial charge in [-0.1, -0.05) is 0 Å². The van der Waals surface area contributed by atoms with Crippen LogP contribution in [0.15, 0.2) is 0 Å². The highest BCUT2D eigenvalue weighted by atomic mass is 15.3. The van der Waals surface area contributed by atoms with Crippen molar-refractivity contribution in [3.8, 4) is 0 Å². The molecule has 0 radical (unpaired) electrons. The summed E-state index contributed by atoms with van der Waals surface area (Å²) in [6.07, 6.45) is 5.00. The molecule has 0 aliphatic carbocycles. The number of nitrogens with one attached hydrogen (secondary N) is 1. The fourth-order valence-corrected chi connectivity index (χ4v) is 3.07. The molecular formula is C14H25N7. The molecule has 2 fully saturated rings. The van der Waals surface area contributed by atoms with Gasteiger partial charge in [0.2, 0.25) is 17.8 Å². The van der Waals surface area contributed by atoms with E-state index in [4.69, 9.17) is 5.73 Å². The number of nitrogen functional groups attached to an aromatic ring is 1. The molecule has 2 aliphatic heterocycles. The number of rotatable bonds is 5. The summed E-state index contributed by atoms with van der Waals surface area (Å²) >= 11 is 0. The molecule has 7 heteroatoms. The monoisotopic (exact) mass is 291 g/mol. The van der Waals surface area contributed by atoms with Crippen molar-refractivity contribution in [3.05, 3.63) is 0 Å². The Labute approximate surface area is 126 Å². The largest absolute Gasteiger partial charge is 0.368 e. The molecule has 3 heterocycles. The van der Waals surface area contributed by atoms with E-state index in [1.165, 1.54) is 38.8 Å². The van der Waals surface area contributed by atoms with Crippen molar-refractivity contribution in [1.29, 1.82) is 0 Å². The smallest absolute Gasteiger partial charge is 0.231 e. The molecule has 0 saturated carbocycles. The summed E-state index contributed by atoms with van der Waals surface area (Å²) in [5.74, 6) is 1.59. The van der Waals surface area contributed by atoms with Crippen LogP contribution in [0, 0.1) is 0 Å². The Morgan fingerprint density at radius 1 is 1.05 bits per heavy atom. The molecule has 116 valence electrons. The Morgan fingerprint density at radius 3 is 2.43 bits per heavy atom. The lowest BCUT2D eigenvalue weighted by Gasteiger charge is -2.24. The SMILES string of the molecule is CC(CNc1nc(N)nc(N2CCCC2)n1)N1CCCC1. The fourth-order valence-electron chi connectivity index (χ4n) is 3.07. The van der Waals surface area contributed by atoms with Gasteiger partial charge in [0.15, 0.2) is 0 Å². The van der Waals surface area contributed by atoms with Crippen LogP contribution in [0.5, 0.6) is 0 Å². The first-order chi connectivity index (χ1) is 10.2. The zero-order valence-corrected chi connectivity index (χ0v) is 12.8. The number of nitrogens with two attached hydrogens (primary N) is 1. The van der Waals surface area contributed by atoms with E-state index in [0.717, 1.165) is 19.6 Å². The van der Waals surface area contributed by atoms with E-state index in [1.54, 1.807) is 0 Å². The van der Waals surface area contributed by atoms with Gasteiger partial charge in [-0.15, -0.1) is 0 Å². The number of likely N-dealkylation sites (tertiary alicyclic amines) is 1. The zero-order chi connectivity index (χ0) is 14.7. The fraction of sp³-hybridized carbons (Fsp3) is 0.786. The van der Waals surface area contributed by atoms with Crippen LogP contribution in [-0.2, 0) is 0 Å². The first-order valence-corrected chi connectivity index (χ1v) is 7.97. The van der Waals surface area contributed by atoms with Crippen molar-refractivity contribution in [1.82, 2.24) is 19.9 Å². The maximum absolute atomic E-state index is 5.82. The minimum atomic E-state index is 0.295. The lowest BCUT2D eigenvalue weighted by molar-refractivity contribution is 0.269. The van der Waals surface area contributed by atoms with E-state index in [-0.39, 0.29) is 0 Å². The second kappa shape index (κ2) is 6.43. The second-order valence-corrected chi connectivity index (χ2v) is 5.98. The number of hydrogen-bond donors (Lipinski definition) is 2. The topological polar surface area (TPSA) is 83.2 Å². The van der Waals surface area contributed by atoms with E-state index >= 15 is 0 Å². The predicted octanol–water partition coefficient (Wildman–Crippen LogP) is 0.950. The van der Waals surface area contributed by atoms with Crippen molar-refractivity contribution >= 4 is 17.8 Å². The summed E-state index contributed by atoms with van der Waals surface area (Å²) in [5.41, 5.74) is 5.82. The van der Waals surface area contributed by atoms with Gasteiger partial charge >= 0.3 is 0 Å². The number of aromatic nitrogens is 3. The first-order valence-electron chi connectivity index (χ1n) is 7.97. The lowest BCUT2D eigenvalue weighted by Crippen LogP contribution is -2.36. The number of hydrogen-bond acceptors (Lipinski definition) is 7. The molecular weight excluding hydrogens is 266 g/mol. The van der Waals surface area contributed by atoms with Gasteiger partial charge in [-0.25, -0.2) is 0 Å². The Hall–Kier alpha value is -1.63. The molecule has 7 nitrogen and oxygen atoms in total. The second-order valence-electron chi connectivity index (χ2n) is 5.98. The Kier molecular flexibility index (Phi) is 4.38. The van der Waals surface area contributed by atoms with Gasteiger partial charge in [-0.05, 0) is 45.7 Å². The minimum absolute atomic E-state index is 0.295. The highest BCUT2D eigenvalue weighted by Crippen LogP contribution is 2.18. The highest BCUT2D eigenvalue weighted by Gasteiger charge is 2.19. The van der Waals surface area contributed by atoms with Gasteiger partial charge < -0.3 is 16.0 Å². The van der Waals surface area contributed by atoms with Gasteiger partial charge in [0, 0.05) is 25.7 Å². The van der Waals surface area contributed by atoms with E-state index in [1.807, 2.05) is 0 Å². The number of anilines is 3. The molecule has 2 aliphatic rings. The Morgan fingerprint density at radius 2 is 1.71 bits per heavy atom. The van der Waals surface area contributed by atoms with E-state index < -0.39 is 0 Å². The third-order valence-electron chi connectivity index (χ3n) is 4.35. The van der Waals surface area contributed by atoms with Crippen molar-refractivity contribution in [3.63, 3.8) is 0 Å². The molecule has 1 aromatic rings. The minimum Gasteiger partial charge on any atom is -0.368 e. The van der Waals surface area contributed by atoms with Gasteiger partial charge in [-0.2, -0.15) is 15.0 Å². The van der Waals surface area contributed by atoms with Crippen LogP contribution in [0.2, 0.25) is 0 Å². The molecule has 0 bridgehead atoms. The predicted molar refractivity (Wildman–Crippen MR) is 84.4 cm³/mol. The average Bonchev–Trinajstić information content (AvgIpc) is 3.16. The quantitative estimate of drug-likeness (QED) is 0.835. The standard InChI is InChI=1S/C14H25N7/c1-11(20-6-2-3-7-20)10-16-13-17-12(15)18-14(19-13)21-8-4-5-9-21/h11H,2-10H2,1H3,(H3,15,16,17,18,19). The summed E-state index contributed by atoms with van der Waals surface area (Å²) < 4.78 is 0. The molecule has 1 unspecified atom stereocenters. The maximum Gasteiger partial charge on any atom is 0.231 e. The Bertz CT molecular complexity index is 466. The number of nitrogens with zero attached hydrogens (tertiary/aromatic N) is 5. The normalized spacial score (nSPS) is 20.9. The molecule has 0 amide bonds. The van der Waals surface area contributed by atoms with E-state index in [0.29, 0.717) is 23.9 Å². The Balaban J connectivity index is 1.61. The lowest BCUT2D eigenvalue weighted by atomic mass is 10.3. The van der Waals surface area contributed by atoms with Crippen LogP contribution in [-0.4, -0.2) is 58.6 Å². The highest BCUT2D eigenvalue weighted by molar-refractivity contribution is 5.42. The van der Waals surface area contributed by atoms with E-state index in [9.17, 15) is 0 Å². The molecule has 3 N–H and O–H groups in total. The first kappa shape index (κ1) is 14.3. The van der Waals surface area contributed by atoms with Crippen molar-refractivity contribution in [2.45, 2.75) is 38.6 Å². The van der Waals surface area contributed by atoms with Gasteiger partial charge in [-0.3, -0.25) is 4.90 Å². The van der Waals surface area contributed by atoms with Crippen LogP contribution in [0.25, 0.3) is 0 Å². The molecule has 21 heavy (non-hydrogen) atoms.